The molecule has 0 saturated carbocycles. The lowest BCUT2D eigenvalue weighted by Crippen LogP contribution is -2.51. The van der Waals surface area contributed by atoms with Crippen LogP contribution in [-0.2, 0) is 13.0 Å². The first-order valence-corrected chi connectivity index (χ1v) is 15.4. The van der Waals surface area contributed by atoms with Crippen molar-refractivity contribution >= 4 is 19.3 Å². The van der Waals surface area contributed by atoms with E-state index in [0.29, 0.717) is 46.7 Å². The monoisotopic (exact) mass is 518 g/mol. The molecule has 0 saturated heterocycles. The summed E-state index contributed by atoms with van der Waals surface area (Å²) in [6.45, 7) is 14.4. The second kappa shape index (κ2) is 11.1. The smallest absolute Gasteiger partial charge is 0.171 e. The molecule has 4 nitrogen and oxygen atoms in total. The van der Waals surface area contributed by atoms with Gasteiger partial charge in [0.25, 0.3) is 0 Å². The molecule has 2 aromatic heterocycles. The zero-order chi connectivity index (χ0) is 26.7. The quantitative estimate of drug-likeness (QED) is 0.198. The normalized spacial score (nSPS) is 12.2. The SMILES string of the molecule is COc1cc(Cc2cn([Si](C(C)C)(C(C)C)C(C)C)c3ncccc23)c(F)cc1OCc1ccccc1. The Morgan fingerprint density at radius 3 is 2.16 bits per heavy atom. The maximum absolute atomic E-state index is 15.5. The number of hydrogen-bond donors (Lipinski definition) is 0. The molecule has 0 fully saturated rings. The van der Waals surface area contributed by atoms with Crippen LogP contribution in [-0.4, -0.2) is 24.6 Å². The molecule has 0 unspecified atom stereocenters. The Hall–Kier alpha value is -3.12. The van der Waals surface area contributed by atoms with Crippen LogP contribution in [0, 0.1) is 5.82 Å². The largest absolute Gasteiger partial charge is 0.493 e. The van der Waals surface area contributed by atoms with Crippen molar-refractivity contribution in [3.8, 4) is 11.5 Å². The molecule has 0 bridgehead atoms. The summed E-state index contributed by atoms with van der Waals surface area (Å²) in [6, 6.07) is 17.1. The van der Waals surface area contributed by atoms with E-state index in [1.54, 1.807) is 13.2 Å². The van der Waals surface area contributed by atoms with Crippen molar-refractivity contribution in [2.75, 3.05) is 7.11 Å². The molecular formula is C31H39FN2O2Si. The number of fused-ring (bicyclic) bond motifs is 1. The molecule has 2 aromatic carbocycles. The summed E-state index contributed by atoms with van der Waals surface area (Å²) < 4.78 is 29.5. The van der Waals surface area contributed by atoms with Crippen molar-refractivity contribution in [2.45, 2.75) is 71.2 Å². The molecule has 196 valence electrons. The van der Waals surface area contributed by atoms with Gasteiger partial charge in [0.15, 0.2) is 19.7 Å². The van der Waals surface area contributed by atoms with Gasteiger partial charge in [-0.3, -0.25) is 0 Å². The minimum absolute atomic E-state index is 0.297. The van der Waals surface area contributed by atoms with Crippen LogP contribution in [0.15, 0.2) is 67.0 Å². The number of nitrogens with zero attached hydrogens (tertiary/aromatic N) is 2. The fourth-order valence-corrected chi connectivity index (χ4v) is 12.9. The number of methoxy groups -OCH3 is 1. The average molecular weight is 519 g/mol. The minimum Gasteiger partial charge on any atom is -0.493 e. The lowest BCUT2D eigenvalue weighted by atomic mass is 10.0. The van der Waals surface area contributed by atoms with E-state index in [1.807, 2.05) is 42.6 Å². The van der Waals surface area contributed by atoms with Crippen molar-refractivity contribution in [2.24, 2.45) is 0 Å². The molecule has 0 aliphatic heterocycles. The number of pyridine rings is 1. The molecule has 0 amide bonds. The molecule has 4 aromatic rings. The molecule has 0 atom stereocenters. The molecule has 2 heterocycles. The zero-order valence-electron chi connectivity index (χ0n) is 23.1. The third kappa shape index (κ3) is 5.04. The first kappa shape index (κ1) is 26.9. The molecule has 37 heavy (non-hydrogen) atoms. The second-order valence-corrected chi connectivity index (χ2v) is 16.5. The van der Waals surface area contributed by atoms with Gasteiger partial charge in [-0.25, -0.2) is 9.37 Å². The summed E-state index contributed by atoms with van der Waals surface area (Å²) in [4.78, 5) is 4.84. The molecule has 0 radical (unpaired) electrons. The maximum atomic E-state index is 15.5. The predicted molar refractivity (Wildman–Crippen MR) is 153 cm³/mol. The van der Waals surface area contributed by atoms with Gasteiger partial charge in [0.05, 0.1) is 7.11 Å². The number of aromatic nitrogens is 2. The van der Waals surface area contributed by atoms with E-state index in [4.69, 9.17) is 14.5 Å². The maximum Gasteiger partial charge on any atom is 0.171 e. The van der Waals surface area contributed by atoms with E-state index in [0.717, 1.165) is 22.2 Å². The first-order valence-electron chi connectivity index (χ1n) is 13.2. The highest BCUT2D eigenvalue weighted by Gasteiger charge is 2.46. The Morgan fingerprint density at radius 1 is 0.865 bits per heavy atom. The lowest BCUT2D eigenvalue weighted by molar-refractivity contribution is 0.282. The highest BCUT2D eigenvalue weighted by Crippen LogP contribution is 2.45. The molecule has 6 heteroatoms. The molecule has 0 aliphatic carbocycles. The van der Waals surface area contributed by atoms with Crippen LogP contribution < -0.4 is 9.47 Å². The Bertz CT molecular complexity index is 1330. The third-order valence-electron chi connectivity index (χ3n) is 7.79. The van der Waals surface area contributed by atoms with E-state index >= 15 is 4.39 Å². The fraction of sp³-hybridized carbons (Fsp3) is 0.387. The summed E-state index contributed by atoms with van der Waals surface area (Å²) in [7, 11) is -0.439. The van der Waals surface area contributed by atoms with Gasteiger partial charge in [-0.05, 0) is 51.5 Å². The van der Waals surface area contributed by atoms with E-state index in [-0.39, 0.29) is 5.82 Å². The molecular weight excluding hydrogens is 479 g/mol. The average Bonchev–Trinajstić information content (AvgIpc) is 3.22. The number of rotatable bonds is 10. The van der Waals surface area contributed by atoms with Gasteiger partial charge in [0, 0.05) is 30.3 Å². The Balaban J connectivity index is 1.74. The van der Waals surface area contributed by atoms with Crippen LogP contribution in [0.4, 0.5) is 4.39 Å². The van der Waals surface area contributed by atoms with Crippen LogP contribution >= 0.6 is 0 Å². The third-order valence-corrected chi connectivity index (χ3v) is 14.5. The molecule has 4 rings (SSSR count). The van der Waals surface area contributed by atoms with Crippen LogP contribution in [0.5, 0.6) is 11.5 Å². The van der Waals surface area contributed by atoms with Crippen LogP contribution in [0.1, 0.15) is 58.2 Å². The van der Waals surface area contributed by atoms with E-state index in [2.05, 4.69) is 58.0 Å². The number of halogens is 1. The second-order valence-electron chi connectivity index (χ2n) is 10.8. The number of ether oxygens (including phenoxy) is 2. The van der Waals surface area contributed by atoms with Gasteiger partial charge in [-0.1, -0.05) is 71.9 Å². The number of hydrogen-bond acceptors (Lipinski definition) is 3. The topological polar surface area (TPSA) is 36.3 Å². The summed E-state index contributed by atoms with van der Waals surface area (Å²) in [6.07, 6.45) is 4.58. The van der Waals surface area contributed by atoms with E-state index < -0.39 is 8.24 Å². The van der Waals surface area contributed by atoms with Gasteiger partial charge in [0.2, 0.25) is 0 Å². The standard InChI is InChI=1S/C31H39FN2O2Si/c1-21(2)37(22(3)4,23(5)6)34-19-26(27-14-11-15-33-31(27)34)16-25-17-29(35-7)30(18-28(25)32)36-20-24-12-9-8-10-13-24/h8-15,17-19,21-23H,16,20H2,1-7H3. The van der Waals surface area contributed by atoms with Crippen LogP contribution in [0.25, 0.3) is 11.0 Å². The summed E-state index contributed by atoms with van der Waals surface area (Å²) in [5, 5.41) is 1.09. The Morgan fingerprint density at radius 2 is 1.54 bits per heavy atom. The van der Waals surface area contributed by atoms with E-state index in [9.17, 15) is 0 Å². The molecule has 0 N–H and O–H groups in total. The predicted octanol–water partition coefficient (Wildman–Crippen LogP) is 8.38. The van der Waals surface area contributed by atoms with Gasteiger partial charge >= 0.3 is 0 Å². The molecule has 0 spiro atoms. The van der Waals surface area contributed by atoms with Gasteiger partial charge in [-0.2, -0.15) is 0 Å². The van der Waals surface area contributed by atoms with Gasteiger partial charge in [-0.15, -0.1) is 0 Å². The summed E-state index contributed by atoms with van der Waals surface area (Å²) in [5.74, 6) is 0.640. The van der Waals surface area contributed by atoms with Crippen molar-refractivity contribution in [3.05, 3.63) is 89.5 Å². The highest BCUT2D eigenvalue weighted by atomic mass is 28.3. The fourth-order valence-electron chi connectivity index (χ4n) is 6.32. The van der Waals surface area contributed by atoms with Crippen LogP contribution in [0.2, 0.25) is 16.6 Å². The Labute approximate surface area is 221 Å². The number of benzene rings is 2. The summed E-state index contributed by atoms with van der Waals surface area (Å²) >= 11 is 0. The van der Waals surface area contributed by atoms with Gasteiger partial charge in [0.1, 0.15) is 18.1 Å². The highest BCUT2D eigenvalue weighted by molar-refractivity contribution is 6.82. The van der Waals surface area contributed by atoms with Crippen molar-refractivity contribution in [3.63, 3.8) is 0 Å². The van der Waals surface area contributed by atoms with Gasteiger partial charge < -0.3 is 13.7 Å². The van der Waals surface area contributed by atoms with Crippen molar-refractivity contribution in [1.29, 1.82) is 0 Å². The zero-order valence-corrected chi connectivity index (χ0v) is 24.1. The van der Waals surface area contributed by atoms with Crippen LogP contribution in [0.3, 0.4) is 0 Å². The minimum atomic E-state index is -2.03. The summed E-state index contributed by atoms with van der Waals surface area (Å²) in [5.41, 5.74) is 5.26. The lowest BCUT2D eigenvalue weighted by Gasteiger charge is -2.44. The van der Waals surface area contributed by atoms with Crippen molar-refractivity contribution < 1.29 is 13.9 Å². The first-order chi connectivity index (χ1) is 17.7. The molecule has 0 aliphatic rings. The van der Waals surface area contributed by atoms with E-state index in [1.165, 1.54) is 6.07 Å². The van der Waals surface area contributed by atoms with Crippen molar-refractivity contribution in [1.82, 2.24) is 9.22 Å². The Kier molecular flexibility index (Phi) is 8.07.